The normalized spacial score (nSPS) is 13.1. The molecule has 1 unspecified atom stereocenters. The highest BCUT2D eigenvalue weighted by molar-refractivity contribution is 6.30. The number of hydrogen-bond acceptors (Lipinski definition) is 1. The van der Waals surface area contributed by atoms with Crippen LogP contribution in [0.1, 0.15) is 44.4 Å². The zero-order valence-corrected chi connectivity index (χ0v) is 11.4. The number of rotatable bonds is 5. The maximum absolute atomic E-state index is 5.99. The van der Waals surface area contributed by atoms with Crippen molar-refractivity contribution in [2.24, 2.45) is 5.92 Å². The summed E-state index contributed by atoms with van der Waals surface area (Å²) in [5, 5.41) is 4.42. The van der Waals surface area contributed by atoms with Gasteiger partial charge in [0.2, 0.25) is 0 Å². The molecule has 0 saturated carbocycles. The van der Waals surface area contributed by atoms with Crippen LogP contribution in [0.15, 0.2) is 18.2 Å². The van der Waals surface area contributed by atoms with E-state index in [1.807, 2.05) is 12.1 Å². The molecule has 1 nitrogen and oxygen atoms in total. The minimum Gasteiger partial charge on any atom is -0.310 e. The van der Waals surface area contributed by atoms with E-state index in [-0.39, 0.29) is 0 Å². The van der Waals surface area contributed by atoms with Gasteiger partial charge < -0.3 is 5.32 Å². The predicted molar refractivity (Wildman–Crippen MR) is 72.1 cm³/mol. The number of nitrogens with one attached hydrogen (secondary N) is 1. The third-order valence-electron chi connectivity index (χ3n) is 2.85. The predicted octanol–water partition coefficient (Wildman–Crippen LogP) is 4.35. The molecule has 1 aromatic rings. The van der Waals surface area contributed by atoms with Gasteiger partial charge in [-0.2, -0.15) is 0 Å². The molecule has 0 aliphatic rings. The average molecular weight is 240 g/mol. The van der Waals surface area contributed by atoms with E-state index in [9.17, 15) is 0 Å². The van der Waals surface area contributed by atoms with Crippen molar-refractivity contribution < 1.29 is 0 Å². The molecule has 0 amide bonds. The fourth-order valence-corrected chi connectivity index (χ4v) is 2.22. The molecular weight excluding hydrogens is 218 g/mol. The van der Waals surface area contributed by atoms with Crippen LogP contribution in [0.5, 0.6) is 0 Å². The van der Waals surface area contributed by atoms with Crippen molar-refractivity contribution >= 4 is 11.6 Å². The summed E-state index contributed by atoms with van der Waals surface area (Å²) in [6.07, 6.45) is 1.16. The first-order chi connectivity index (χ1) is 7.56. The number of aryl methyl sites for hydroxylation is 1. The zero-order valence-electron chi connectivity index (χ0n) is 10.7. The summed E-state index contributed by atoms with van der Waals surface area (Å²) in [6.45, 7) is 9.89. The summed E-state index contributed by atoms with van der Waals surface area (Å²) in [7, 11) is 0. The van der Waals surface area contributed by atoms with Crippen molar-refractivity contribution in [2.75, 3.05) is 6.54 Å². The summed E-state index contributed by atoms with van der Waals surface area (Å²) in [4.78, 5) is 0. The lowest BCUT2D eigenvalue weighted by molar-refractivity contribution is 0.411. The fourth-order valence-electron chi connectivity index (χ4n) is 1.99. The second kappa shape index (κ2) is 6.27. The van der Waals surface area contributed by atoms with Gasteiger partial charge in [-0.3, -0.25) is 0 Å². The highest BCUT2D eigenvalue weighted by atomic mass is 35.5. The molecule has 90 valence electrons. The highest BCUT2D eigenvalue weighted by Gasteiger charge is 2.16. The first kappa shape index (κ1) is 13.5. The summed E-state index contributed by atoms with van der Waals surface area (Å²) in [5.74, 6) is 0.589. The molecule has 0 fully saturated rings. The van der Waals surface area contributed by atoms with Crippen LogP contribution >= 0.6 is 11.6 Å². The Morgan fingerprint density at radius 2 is 2.00 bits per heavy atom. The van der Waals surface area contributed by atoms with Gasteiger partial charge in [0.15, 0.2) is 0 Å². The summed E-state index contributed by atoms with van der Waals surface area (Å²) in [5.41, 5.74) is 2.64. The van der Waals surface area contributed by atoms with E-state index >= 15 is 0 Å². The minimum absolute atomic E-state index is 0.428. The Balaban J connectivity index is 2.92. The third-order valence-corrected chi connectivity index (χ3v) is 3.08. The highest BCUT2D eigenvalue weighted by Crippen LogP contribution is 2.26. The molecule has 16 heavy (non-hydrogen) atoms. The largest absolute Gasteiger partial charge is 0.310 e. The van der Waals surface area contributed by atoms with Crippen LogP contribution in [0.4, 0.5) is 0 Å². The Morgan fingerprint density at radius 1 is 1.31 bits per heavy atom. The monoisotopic (exact) mass is 239 g/mol. The van der Waals surface area contributed by atoms with Gasteiger partial charge in [0.25, 0.3) is 0 Å². The third kappa shape index (κ3) is 3.50. The Kier molecular flexibility index (Phi) is 5.30. The molecule has 0 spiro atoms. The van der Waals surface area contributed by atoms with Gasteiger partial charge in [-0.15, -0.1) is 0 Å². The SMILES string of the molecule is CCCNC(c1ccc(Cl)cc1C)C(C)C. The second-order valence-corrected chi connectivity index (χ2v) is 5.11. The van der Waals surface area contributed by atoms with Crippen molar-refractivity contribution in [3.8, 4) is 0 Å². The Morgan fingerprint density at radius 3 is 2.50 bits per heavy atom. The van der Waals surface area contributed by atoms with Crippen LogP contribution in [0, 0.1) is 12.8 Å². The van der Waals surface area contributed by atoms with Crippen LogP contribution in [0.25, 0.3) is 0 Å². The molecular formula is C14H22ClN. The maximum atomic E-state index is 5.99. The first-order valence-electron chi connectivity index (χ1n) is 6.05. The quantitative estimate of drug-likeness (QED) is 0.806. The van der Waals surface area contributed by atoms with Gasteiger partial charge in [-0.25, -0.2) is 0 Å². The molecule has 0 radical (unpaired) electrons. The van der Waals surface area contributed by atoms with Gasteiger partial charge in [-0.05, 0) is 49.1 Å². The van der Waals surface area contributed by atoms with Crippen LogP contribution in [-0.4, -0.2) is 6.54 Å². The second-order valence-electron chi connectivity index (χ2n) is 4.68. The van der Waals surface area contributed by atoms with E-state index in [2.05, 4.69) is 39.1 Å². The van der Waals surface area contributed by atoms with Crippen molar-refractivity contribution in [1.29, 1.82) is 0 Å². The minimum atomic E-state index is 0.428. The van der Waals surface area contributed by atoms with Crippen LogP contribution < -0.4 is 5.32 Å². The van der Waals surface area contributed by atoms with E-state index in [1.165, 1.54) is 11.1 Å². The van der Waals surface area contributed by atoms with Gasteiger partial charge >= 0.3 is 0 Å². The number of benzene rings is 1. The van der Waals surface area contributed by atoms with Gasteiger partial charge in [0.1, 0.15) is 0 Å². The van der Waals surface area contributed by atoms with Crippen LogP contribution in [0.3, 0.4) is 0 Å². The smallest absolute Gasteiger partial charge is 0.0408 e. The number of halogens is 1. The molecule has 0 heterocycles. The van der Waals surface area contributed by atoms with Crippen molar-refractivity contribution in [2.45, 2.75) is 40.2 Å². The van der Waals surface area contributed by atoms with Crippen molar-refractivity contribution in [3.05, 3.63) is 34.3 Å². The molecule has 0 aliphatic carbocycles. The Labute approximate surface area is 104 Å². The molecule has 2 heteroatoms. The first-order valence-corrected chi connectivity index (χ1v) is 6.43. The average Bonchev–Trinajstić information content (AvgIpc) is 2.20. The standard InChI is InChI=1S/C14H22ClN/c1-5-8-16-14(10(2)3)13-7-6-12(15)9-11(13)4/h6-7,9-10,14,16H,5,8H2,1-4H3. The van der Waals surface area contributed by atoms with Gasteiger partial charge in [0, 0.05) is 11.1 Å². The van der Waals surface area contributed by atoms with Crippen molar-refractivity contribution in [1.82, 2.24) is 5.32 Å². The zero-order chi connectivity index (χ0) is 12.1. The van der Waals surface area contributed by atoms with E-state index in [1.54, 1.807) is 0 Å². The van der Waals surface area contributed by atoms with Crippen LogP contribution in [-0.2, 0) is 0 Å². The topological polar surface area (TPSA) is 12.0 Å². The molecule has 1 rings (SSSR count). The molecule has 1 atom stereocenters. The van der Waals surface area contributed by atoms with E-state index in [4.69, 9.17) is 11.6 Å². The lowest BCUT2D eigenvalue weighted by Gasteiger charge is -2.24. The van der Waals surface area contributed by atoms with Gasteiger partial charge in [0.05, 0.1) is 0 Å². The molecule has 1 N–H and O–H groups in total. The van der Waals surface area contributed by atoms with Crippen LogP contribution in [0.2, 0.25) is 5.02 Å². The summed E-state index contributed by atoms with van der Waals surface area (Å²) >= 11 is 5.99. The van der Waals surface area contributed by atoms with E-state index < -0.39 is 0 Å². The molecule has 0 bridgehead atoms. The molecule has 0 aromatic heterocycles. The molecule has 1 aromatic carbocycles. The van der Waals surface area contributed by atoms with Gasteiger partial charge in [-0.1, -0.05) is 38.4 Å². The van der Waals surface area contributed by atoms with E-state index in [0.717, 1.165) is 18.0 Å². The lowest BCUT2D eigenvalue weighted by Crippen LogP contribution is -2.27. The maximum Gasteiger partial charge on any atom is 0.0408 e. The number of hydrogen-bond donors (Lipinski definition) is 1. The van der Waals surface area contributed by atoms with E-state index in [0.29, 0.717) is 12.0 Å². The van der Waals surface area contributed by atoms with Crippen molar-refractivity contribution in [3.63, 3.8) is 0 Å². The summed E-state index contributed by atoms with van der Waals surface area (Å²) < 4.78 is 0. The molecule has 0 saturated heterocycles. The molecule has 0 aliphatic heterocycles. The fraction of sp³-hybridized carbons (Fsp3) is 0.571. The Bertz CT molecular complexity index is 334. The summed E-state index contributed by atoms with van der Waals surface area (Å²) in [6, 6.07) is 6.59. The Hall–Kier alpha value is -0.530. The lowest BCUT2D eigenvalue weighted by atomic mass is 9.92.